The lowest BCUT2D eigenvalue weighted by molar-refractivity contribution is -0.139. The Bertz CT molecular complexity index is 774. The summed E-state index contributed by atoms with van der Waals surface area (Å²) in [6, 6.07) is 13.4. The molecule has 2 rings (SSSR count). The highest BCUT2D eigenvalue weighted by Crippen LogP contribution is 2.34. The van der Waals surface area contributed by atoms with Crippen LogP contribution in [0.2, 0.25) is 0 Å². The highest BCUT2D eigenvalue weighted by molar-refractivity contribution is 7.89. The normalized spacial score (nSPS) is 13.7. The quantitative estimate of drug-likeness (QED) is 0.843. The molecule has 0 aliphatic rings. The molecule has 0 heterocycles. The first-order valence-corrected chi connectivity index (χ1v) is 8.95. The van der Waals surface area contributed by atoms with Crippen LogP contribution in [0.5, 0.6) is 0 Å². The molecule has 0 aliphatic heterocycles. The van der Waals surface area contributed by atoms with E-state index in [0.29, 0.717) is 6.42 Å². The van der Waals surface area contributed by atoms with E-state index in [2.05, 4.69) is 4.72 Å². The van der Waals surface area contributed by atoms with Gasteiger partial charge in [-0.25, -0.2) is 13.1 Å². The minimum atomic E-state index is -4.73. The van der Waals surface area contributed by atoms with Crippen LogP contribution in [0.25, 0.3) is 0 Å². The summed E-state index contributed by atoms with van der Waals surface area (Å²) in [5.41, 5.74) is -0.225. The second kappa shape index (κ2) is 7.36. The van der Waals surface area contributed by atoms with Crippen molar-refractivity contribution in [3.05, 3.63) is 65.7 Å². The van der Waals surface area contributed by atoms with Crippen molar-refractivity contribution in [1.82, 2.24) is 4.72 Å². The van der Waals surface area contributed by atoms with E-state index in [1.54, 1.807) is 0 Å². The number of rotatable bonds is 6. The second-order valence-electron chi connectivity index (χ2n) is 5.36. The molecule has 0 amide bonds. The van der Waals surface area contributed by atoms with E-state index < -0.39 is 26.7 Å². The van der Waals surface area contributed by atoms with Crippen molar-refractivity contribution in [3.8, 4) is 0 Å². The van der Waals surface area contributed by atoms with Gasteiger partial charge in [-0.15, -0.1) is 0 Å². The van der Waals surface area contributed by atoms with Gasteiger partial charge in [0.05, 0.1) is 10.5 Å². The SMILES string of the molecule is CCC(CNS(=O)(=O)c1ccccc1C(F)(F)F)c1ccccc1. The molecular formula is C17H18F3NO2S. The standard InChI is InChI=1S/C17H18F3NO2S/c1-2-13(14-8-4-3-5-9-14)12-21-24(22,23)16-11-7-6-10-15(16)17(18,19)20/h3-11,13,21H,2,12H2,1H3. The molecule has 1 N–H and O–H groups in total. The Kier molecular flexibility index (Phi) is 5.66. The third-order valence-corrected chi connectivity index (χ3v) is 5.25. The third kappa shape index (κ3) is 4.36. The first-order chi connectivity index (χ1) is 11.3. The van der Waals surface area contributed by atoms with Gasteiger partial charge in [0.15, 0.2) is 0 Å². The summed E-state index contributed by atoms with van der Waals surface area (Å²) in [4.78, 5) is -0.750. The molecule has 2 aromatic carbocycles. The molecule has 1 unspecified atom stereocenters. The summed E-state index contributed by atoms with van der Waals surface area (Å²) >= 11 is 0. The number of alkyl halides is 3. The maximum atomic E-state index is 13.0. The third-order valence-electron chi connectivity index (χ3n) is 3.77. The molecule has 0 bridgehead atoms. The predicted octanol–water partition coefficient (Wildman–Crippen LogP) is 4.18. The van der Waals surface area contributed by atoms with Gasteiger partial charge in [-0.2, -0.15) is 13.2 Å². The molecule has 1 atom stereocenters. The van der Waals surface area contributed by atoms with Gasteiger partial charge >= 0.3 is 6.18 Å². The largest absolute Gasteiger partial charge is 0.417 e. The van der Waals surface area contributed by atoms with Crippen molar-refractivity contribution < 1.29 is 21.6 Å². The number of hydrogen-bond acceptors (Lipinski definition) is 2. The average molecular weight is 357 g/mol. The van der Waals surface area contributed by atoms with Crippen LogP contribution >= 0.6 is 0 Å². The highest BCUT2D eigenvalue weighted by atomic mass is 32.2. The van der Waals surface area contributed by atoms with Crippen molar-refractivity contribution in [2.45, 2.75) is 30.3 Å². The van der Waals surface area contributed by atoms with Crippen LogP contribution in [0.1, 0.15) is 30.4 Å². The van der Waals surface area contributed by atoms with E-state index in [9.17, 15) is 21.6 Å². The van der Waals surface area contributed by atoms with Crippen molar-refractivity contribution in [3.63, 3.8) is 0 Å². The molecular weight excluding hydrogens is 339 g/mol. The highest BCUT2D eigenvalue weighted by Gasteiger charge is 2.36. The molecule has 0 aromatic heterocycles. The van der Waals surface area contributed by atoms with E-state index in [0.717, 1.165) is 17.7 Å². The number of hydrogen-bond donors (Lipinski definition) is 1. The van der Waals surface area contributed by atoms with Gasteiger partial charge in [0, 0.05) is 6.54 Å². The smallest absolute Gasteiger partial charge is 0.211 e. The first kappa shape index (κ1) is 18.5. The van der Waals surface area contributed by atoms with Crippen LogP contribution in [0, 0.1) is 0 Å². The lowest BCUT2D eigenvalue weighted by atomic mass is 9.97. The molecule has 0 radical (unpaired) electrons. The molecule has 0 spiro atoms. The van der Waals surface area contributed by atoms with Crippen LogP contribution in [-0.2, 0) is 16.2 Å². The number of sulfonamides is 1. The Morgan fingerprint density at radius 2 is 1.58 bits per heavy atom. The fourth-order valence-corrected chi connectivity index (χ4v) is 3.75. The Hall–Kier alpha value is -1.86. The second-order valence-corrected chi connectivity index (χ2v) is 7.10. The fraction of sp³-hybridized carbons (Fsp3) is 0.294. The number of nitrogens with one attached hydrogen (secondary N) is 1. The van der Waals surface area contributed by atoms with Crippen LogP contribution in [0.3, 0.4) is 0 Å². The molecule has 0 fully saturated rings. The van der Waals surface area contributed by atoms with Crippen LogP contribution in [0.4, 0.5) is 13.2 Å². The van der Waals surface area contributed by atoms with E-state index >= 15 is 0 Å². The van der Waals surface area contributed by atoms with Crippen molar-refractivity contribution in [2.75, 3.05) is 6.54 Å². The summed E-state index contributed by atoms with van der Waals surface area (Å²) in [6.45, 7) is 1.94. The Morgan fingerprint density at radius 1 is 1.00 bits per heavy atom. The number of halogens is 3. The molecule has 2 aromatic rings. The van der Waals surface area contributed by atoms with Crippen LogP contribution in [0.15, 0.2) is 59.5 Å². The fourth-order valence-electron chi connectivity index (χ4n) is 2.45. The van der Waals surface area contributed by atoms with Gasteiger partial charge in [-0.1, -0.05) is 49.4 Å². The minimum absolute atomic E-state index is 0.0367. The summed E-state index contributed by atoms with van der Waals surface area (Å²) in [7, 11) is -4.26. The molecule has 130 valence electrons. The Labute approximate surface area is 139 Å². The van der Waals surface area contributed by atoms with E-state index in [1.165, 1.54) is 12.1 Å². The Morgan fingerprint density at radius 3 is 2.17 bits per heavy atom. The Balaban J connectivity index is 2.24. The molecule has 24 heavy (non-hydrogen) atoms. The lowest BCUT2D eigenvalue weighted by Crippen LogP contribution is -2.30. The zero-order valence-corrected chi connectivity index (χ0v) is 13.9. The molecule has 0 saturated carbocycles. The lowest BCUT2D eigenvalue weighted by Gasteiger charge is -2.18. The maximum absolute atomic E-state index is 13.0. The first-order valence-electron chi connectivity index (χ1n) is 7.46. The average Bonchev–Trinajstić information content (AvgIpc) is 2.55. The summed E-state index contributed by atoms with van der Waals surface area (Å²) in [5, 5.41) is 0. The van der Waals surface area contributed by atoms with E-state index in [-0.39, 0.29) is 12.5 Å². The van der Waals surface area contributed by atoms with Gasteiger partial charge in [0.2, 0.25) is 10.0 Å². The van der Waals surface area contributed by atoms with E-state index in [4.69, 9.17) is 0 Å². The molecule has 7 heteroatoms. The van der Waals surface area contributed by atoms with Gasteiger partial charge in [-0.3, -0.25) is 0 Å². The van der Waals surface area contributed by atoms with Gasteiger partial charge in [0.1, 0.15) is 0 Å². The molecule has 0 aliphatic carbocycles. The number of benzene rings is 2. The van der Waals surface area contributed by atoms with Crippen LogP contribution < -0.4 is 4.72 Å². The van der Waals surface area contributed by atoms with Crippen molar-refractivity contribution >= 4 is 10.0 Å². The maximum Gasteiger partial charge on any atom is 0.417 e. The predicted molar refractivity (Wildman–Crippen MR) is 86.1 cm³/mol. The zero-order chi connectivity index (χ0) is 17.8. The van der Waals surface area contributed by atoms with Gasteiger partial charge in [0.25, 0.3) is 0 Å². The van der Waals surface area contributed by atoms with Crippen molar-refractivity contribution in [1.29, 1.82) is 0 Å². The topological polar surface area (TPSA) is 46.2 Å². The summed E-state index contributed by atoms with van der Waals surface area (Å²) in [6.07, 6.45) is -4.07. The van der Waals surface area contributed by atoms with E-state index in [1.807, 2.05) is 37.3 Å². The summed E-state index contributed by atoms with van der Waals surface area (Å²) in [5.74, 6) is -0.112. The minimum Gasteiger partial charge on any atom is -0.211 e. The molecule has 3 nitrogen and oxygen atoms in total. The van der Waals surface area contributed by atoms with Gasteiger partial charge in [-0.05, 0) is 30.0 Å². The summed E-state index contributed by atoms with van der Waals surface area (Å²) < 4.78 is 66.0. The van der Waals surface area contributed by atoms with Gasteiger partial charge < -0.3 is 0 Å². The van der Waals surface area contributed by atoms with Crippen molar-refractivity contribution in [2.24, 2.45) is 0 Å². The van der Waals surface area contributed by atoms with Crippen LogP contribution in [-0.4, -0.2) is 15.0 Å². The monoisotopic (exact) mass is 357 g/mol. The zero-order valence-electron chi connectivity index (χ0n) is 13.0. The molecule has 0 saturated heterocycles.